The van der Waals surface area contributed by atoms with Crippen LogP contribution in [0.3, 0.4) is 0 Å². The Hall–Kier alpha value is -3.52. The summed E-state index contributed by atoms with van der Waals surface area (Å²) in [6.45, 7) is 4.49. The van der Waals surface area contributed by atoms with Crippen molar-refractivity contribution >= 4 is 27.3 Å². The maximum absolute atomic E-state index is 13.3. The number of amides is 1. The Kier molecular flexibility index (Phi) is 6.05. The van der Waals surface area contributed by atoms with E-state index in [0.29, 0.717) is 35.0 Å². The number of fused-ring (bicyclic) bond motifs is 1. The van der Waals surface area contributed by atoms with E-state index >= 15 is 0 Å². The Morgan fingerprint density at radius 3 is 2.44 bits per heavy atom. The average Bonchev–Trinajstić information content (AvgIpc) is 2.79. The van der Waals surface area contributed by atoms with Crippen LogP contribution in [0.2, 0.25) is 0 Å². The van der Waals surface area contributed by atoms with Crippen LogP contribution in [0.4, 0.5) is 11.4 Å². The van der Waals surface area contributed by atoms with Gasteiger partial charge in [-0.2, -0.15) is 0 Å². The molecule has 0 saturated heterocycles. The van der Waals surface area contributed by atoms with Gasteiger partial charge in [0.25, 0.3) is 15.9 Å². The van der Waals surface area contributed by atoms with Crippen LogP contribution in [-0.2, 0) is 10.0 Å². The van der Waals surface area contributed by atoms with Crippen LogP contribution in [-0.4, -0.2) is 33.6 Å². The molecule has 166 valence electrons. The van der Waals surface area contributed by atoms with Crippen LogP contribution in [0.25, 0.3) is 0 Å². The lowest BCUT2D eigenvalue weighted by molar-refractivity contribution is 0.102. The van der Waals surface area contributed by atoms with Crippen molar-refractivity contribution in [2.45, 2.75) is 24.8 Å². The first kappa shape index (κ1) is 21.7. The summed E-state index contributed by atoms with van der Waals surface area (Å²) in [5.74, 6) is 0.936. The molecule has 0 unspecified atom stereocenters. The third kappa shape index (κ3) is 4.40. The molecule has 0 aliphatic carbocycles. The SMILES string of the molecule is CCOc1ccc(C(=O)Nc2ccc(S(=O)(=O)N3C[C@@H](C)Oc4ccccc43)cc2)cc1. The number of ether oxygens (including phenoxy) is 2. The van der Waals surface area contributed by atoms with Crippen LogP contribution in [0.5, 0.6) is 11.5 Å². The monoisotopic (exact) mass is 452 g/mol. The van der Waals surface area contributed by atoms with Gasteiger partial charge in [-0.25, -0.2) is 8.42 Å². The van der Waals surface area contributed by atoms with E-state index in [2.05, 4.69) is 5.32 Å². The van der Waals surface area contributed by atoms with Crippen LogP contribution < -0.4 is 19.1 Å². The number of nitrogens with one attached hydrogen (secondary N) is 1. The highest BCUT2D eigenvalue weighted by Crippen LogP contribution is 2.36. The molecule has 0 radical (unpaired) electrons. The molecule has 1 N–H and O–H groups in total. The summed E-state index contributed by atoms with van der Waals surface area (Å²) in [6, 6.07) is 20.0. The third-order valence-corrected chi connectivity index (χ3v) is 6.81. The summed E-state index contributed by atoms with van der Waals surface area (Å²) in [5.41, 5.74) is 1.49. The second-order valence-corrected chi connectivity index (χ2v) is 9.23. The maximum atomic E-state index is 13.3. The molecular formula is C24H24N2O5S. The molecule has 1 atom stereocenters. The van der Waals surface area contributed by atoms with Crippen molar-refractivity contribution in [3.05, 3.63) is 78.4 Å². The largest absolute Gasteiger partial charge is 0.494 e. The van der Waals surface area contributed by atoms with Crippen LogP contribution in [0.15, 0.2) is 77.7 Å². The van der Waals surface area contributed by atoms with E-state index in [0.717, 1.165) is 0 Å². The highest BCUT2D eigenvalue weighted by atomic mass is 32.2. The normalized spacial score (nSPS) is 15.4. The number of nitrogens with zero attached hydrogens (tertiary/aromatic N) is 1. The van der Waals surface area contributed by atoms with Gasteiger partial charge in [0.1, 0.15) is 17.6 Å². The Bertz CT molecular complexity index is 1210. The predicted molar refractivity (Wildman–Crippen MR) is 123 cm³/mol. The molecule has 1 heterocycles. The number of carbonyl (C=O) groups is 1. The quantitative estimate of drug-likeness (QED) is 0.602. The summed E-state index contributed by atoms with van der Waals surface area (Å²) in [6.07, 6.45) is -0.271. The lowest BCUT2D eigenvalue weighted by Crippen LogP contribution is -2.42. The Morgan fingerprint density at radius 1 is 1.06 bits per heavy atom. The minimum atomic E-state index is -3.79. The van der Waals surface area contributed by atoms with Crippen molar-refractivity contribution in [1.29, 1.82) is 0 Å². The first-order valence-electron chi connectivity index (χ1n) is 10.3. The molecule has 0 saturated carbocycles. The van der Waals surface area contributed by atoms with Gasteiger partial charge in [0.15, 0.2) is 0 Å². The van der Waals surface area contributed by atoms with E-state index in [-0.39, 0.29) is 23.5 Å². The van der Waals surface area contributed by atoms with E-state index in [1.54, 1.807) is 54.6 Å². The van der Waals surface area contributed by atoms with E-state index in [1.807, 2.05) is 19.9 Å². The van der Waals surface area contributed by atoms with Crippen molar-refractivity contribution in [2.24, 2.45) is 0 Å². The first-order chi connectivity index (χ1) is 15.4. The highest BCUT2D eigenvalue weighted by molar-refractivity contribution is 7.92. The highest BCUT2D eigenvalue weighted by Gasteiger charge is 2.32. The Morgan fingerprint density at radius 2 is 1.75 bits per heavy atom. The van der Waals surface area contributed by atoms with Gasteiger partial charge in [-0.15, -0.1) is 0 Å². The smallest absolute Gasteiger partial charge is 0.264 e. The predicted octanol–water partition coefficient (Wildman–Crippen LogP) is 4.31. The molecule has 0 bridgehead atoms. The average molecular weight is 453 g/mol. The summed E-state index contributed by atoms with van der Waals surface area (Å²) in [5, 5.41) is 2.78. The molecule has 3 aromatic carbocycles. The first-order valence-corrected chi connectivity index (χ1v) is 11.7. The minimum Gasteiger partial charge on any atom is -0.494 e. The van der Waals surface area contributed by atoms with Crippen molar-refractivity contribution in [2.75, 3.05) is 22.8 Å². The molecule has 3 aromatic rings. The standard InChI is InChI=1S/C24H24N2O5S/c1-3-30-20-12-8-18(9-13-20)24(27)25-19-10-14-21(15-11-19)32(28,29)26-16-17(2)31-23-7-5-4-6-22(23)26/h4-15,17H,3,16H2,1-2H3,(H,25,27)/t17-/m1/s1. The van der Waals surface area contributed by atoms with E-state index in [1.165, 1.54) is 16.4 Å². The molecule has 1 aliphatic rings. The minimum absolute atomic E-state index is 0.139. The summed E-state index contributed by atoms with van der Waals surface area (Å²) >= 11 is 0. The second kappa shape index (κ2) is 8.92. The molecule has 1 aliphatic heterocycles. The lowest BCUT2D eigenvalue weighted by atomic mass is 10.2. The number of rotatable bonds is 6. The van der Waals surface area contributed by atoms with E-state index in [9.17, 15) is 13.2 Å². The zero-order chi connectivity index (χ0) is 22.7. The summed E-state index contributed by atoms with van der Waals surface area (Å²) < 4.78 is 39.1. The number of sulfonamides is 1. The Labute approximate surface area is 187 Å². The van der Waals surface area contributed by atoms with Crippen molar-refractivity contribution in [3.63, 3.8) is 0 Å². The van der Waals surface area contributed by atoms with Gasteiger partial charge in [-0.1, -0.05) is 12.1 Å². The van der Waals surface area contributed by atoms with Gasteiger partial charge in [-0.05, 0) is 74.5 Å². The van der Waals surface area contributed by atoms with Gasteiger partial charge < -0.3 is 14.8 Å². The number of para-hydroxylation sites is 2. The van der Waals surface area contributed by atoms with Gasteiger partial charge in [0, 0.05) is 11.3 Å². The number of benzene rings is 3. The van der Waals surface area contributed by atoms with Crippen LogP contribution in [0.1, 0.15) is 24.2 Å². The van der Waals surface area contributed by atoms with Crippen molar-refractivity contribution < 1.29 is 22.7 Å². The topological polar surface area (TPSA) is 84.9 Å². The maximum Gasteiger partial charge on any atom is 0.264 e. The van der Waals surface area contributed by atoms with Gasteiger partial charge in [0.2, 0.25) is 0 Å². The Balaban J connectivity index is 1.51. The molecule has 0 aromatic heterocycles. The summed E-state index contributed by atoms with van der Waals surface area (Å²) in [7, 11) is -3.79. The molecule has 1 amide bonds. The number of hydrogen-bond acceptors (Lipinski definition) is 5. The van der Waals surface area contributed by atoms with Gasteiger partial charge in [-0.3, -0.25) is 9.10 Å². The lowest BCUT2D eigenvalue weighted by Gasteiger charge is -2.34. The molecule has 32 heavy (non-hydrogen) atoms. The molecule has 8 heteroatoms. The number of hydrogen-bond donors (Lipinski definition) is 1. The molecule has 0 spiro atoms. The van der Waals surface area contributed by atoms with Crippen LogP contribution >= 0.6 is 0 Å². The zero-order valence-corrected chi connectivity index (χ0v) is 18.6. The van der Waals surface area contributed by atoms with Crippen LogP contribution in [0, 0.1) is 0 Å². The molecule has 7 nitrogen and oxygen atoms in total. The fourth-order valence-electron chi connectivity index (χ4n) is 3.49. The van der Waals surface area contributed by atoms with Gasteiger partial charge in [0.05, 0.1) is 23.7 Å². The van der Waals surface area contributed by atoms with E-state index < -0.39 is 10.0 Å². The molecule has 0 fully saturated rings. The third-order valence-electron chi connectivity index (χ3n) is 5.01. The van der Waals surface area contributed by atoms with Crippen molar-refractivity contribution in [3.8, 4) is 11.5 Å². The second-order valence-electron chi connectivity index (χ2n) is 7.37. The molecular weight excluding hydrogens is 428 g/mol. The number of anilines is 2. The number of carbonyl (C=O) groups excluding carboxylic acids is 1. The fraction of sp³-hybridized carbons (Fsp3) is 0.208. The van der Waals surface area contributed by atoms with E-state index in [4.69, 9.17) is 9.47 Å². The molecule has 4 rings (SSSR count). The summed E-state index contributed by atoms with van der Waals surface area (Å²) in [4.78, 5) is 12.6. The fourth-order valence-corrected chi connectivity index (χ4v) is 5.04. The zero-order valence-electron chi connectivity index (χ0n) is 17.8. The van der Waals surface area contributed by atoms with Crippen molar-refractivity contribution in [1.82, 2.24) is 0 Å². The van der Waals surface area contributed by atoms with Gasteiger partial charge >= 0.3 is 0 Å².